The number of nitrogens with zero attached hydrogens (tertiary/aromatic N) is 2. The largest absolute Gasteiger partial charge is 0.434 e. The van der Waals surface area contributed by atoms with E-state index >= 15 is 0 Å². The van der Waals surface area contributed by atoms with E-state index in [9.17, 15) is 13.8 Å². The molecule has 2 unspecified atom stereocenters. The number of amides is 1. The fourth-order valence-electron chi connectivity index (χ4n) is 5.21. The molecule has 0 aliphatic heterocycles. The molecule has 0 bridgehead atoms. The van der Waals surface area contributed by atoms with Crippen molar-refractivity contribution >= 4 is 33.6 Å². The normalized spacial score (nSPS) is 13.4. The van der Waals surface area contributed by atoms with Crippen molar-refractivity contribution in [3.63, 3.8) is 0 Å². The summed E-state index contributed by atoms with van der Waals surface area (Å²) in [6, 6.07) is 35.1. The van der Waals surface area contributed by atoms with E-state index in [1.165, 1.54) is 0 Å². The summed E-state index contributed by atoms with van der Waals surface area (Å²) < 4.78 is 19.4. The van der Waals surface area contributed by atoms with E-state index in [0.717, 1.165) is 16.7 Å². The molecule has 7 nitrogen and oxygen atoms in total. The first-order chi connectivity index (χ1) is 21.5. The van der Waals surface area contributed by atoms with Crippen LogP contribution in [0.1, 0.15) is 47.1 Å². The van der Waals surface area contributed by atoms with Gasteiger partial charge in [-0.05, 0) is 35.2 Å². The second kappa shape index (κ2) is 15.4. The van der Waals surface area contributed by atoms with Crippen LogP contribution in [0, 0.1) is 0 Å². The number of aromatic nitrogens is 1. The molecule has 0 saturated heterocycles. The molecule has 0 fully saturated rings. The van der Waals surface area contributed by atoms with Crippen molar-refractivity contribution in [2.75, 3.05) is 5.75 Å². The minimum Gasteiger partial charge on any atom is -0.434 e. The first kappa shape index (κ1) is 31.0. The van der Waals surface area contributed by atoms with Crippen LogP contribution in [0.3, 0.4) is 0 Å². The van der Waals surface area contributed by atoms with E-state index < -0.39 is 22.9 Å². The Hall–Kier alpha value is -4.40. The molecule has 3 atom stereocenters. The molecule has 8 heteroatoms. The second-order valence-electron chi connectivity index (χ2n) is 10.8. The van der Waals surface area contributed by atoms with Gasteiger partial charge < -0.3 is 9.73 Å². The number of oxazole rings is 1. The van der Waals surface area contributed by atoms with E-state index in [1.807, 2.05) is 110 Å². The summed E-state index contributed by atoms with van der Waals surface area (Å²) in [4.78, 5) is 34.3. The van der Waals surface area contributed by atoms with Gasteiger partial charge in [-0.3, -0.25) is 18.7 Å². The number of hydrogen-bond donors (Lipinski definition) is 1. The summed E-state index contributed by atoms with van der Waals surface area (Å²) in [6.45, 7) is 2.89. The molecule has 4 aromatic carbocycles. The SMILES string of the molecule is CCC[C@H](NC(=O)C(CS(=O)Cc1ccccc1)N(Cc1ccccc1)Cc1ccccc1)C(=O)c1nc2ccccc2o1. The zero-order valence-electron chi connectivity index (χ0n) is 24.8. The van der Waals surface area contributed by atoms with Gasteiger partial charge >= 0.3 is 0 Å². The molecule has 1 heterocycles. The highest BCUT2D eigenvalue weighted by Crippen LogP contribution is 2.19. The van der Waals surface area contributed by atoms with Crippen molar-refractivity contribution in [3.8, 4) is 0 Å². The van der Waals surface area contributed by atoms with Gasteiger partial charge in [-0.2, -0.15) is 0 Å². The number of ketones is 1. The molecule has 0 spiro atoms. The molecular weight excluding hydrogens is 570 g/mol. The minimum absolute atomic E-state index is 0.0282. The monoisotopic (exact) mass is 607 g/mol. The lowest BCUT2D eigenvalue weighted by Crippen LogP contribution is -2.53. The fraction of sp³-hybridized carbons (Fsp3) is 0.250. The van der Waals surface area contributed by atoms with Crippen molar-refractivity contribution in [1.29, 1.82) is 0 Å². The molecular formula is C36H37N3O4S. The van der Waals surface area contributed by atoms with Gasteiger partial charge in [0.25, 0.3) is 5.89 Å². The molecule has 0 saturated carbocycles. The lowest BCUT2D eigenvalue weighted by molar-refractivity contribution is -0.126. The topological polar surface area (TPSA) is 92.5 Å². The van der Waals surface area contributed by atoms with Crippen LogP contribution in [0.4, 0.5) is 0 Å². The van der Waals surface area contributed by atoms with E-state index in [1.54, 1.807) is 12.1 Å². The second-order valence-corrected chi connectivity index (χ2v) is 12.3. The average molecular weight is 608 g/mol. The van der Waals surface area contributed by atoms with Crippen molar-refractivity contribution < 1.29 is 18.2 Å². The van der Waals surface area contributed by atoms with Crippen molar-refractivity contribution in [3.05, 3.63) is 138 Å². The molecule has 44 heavy (non-hydrogen) atoms. The Morgan fingerprint density at radius 1 is 0.795 bits per heavy atom. The summed E-state index contributed by atoms with van der Waals surface area (Å²) in [7, 11) is -1.35. The third-order valence-electron chi connectivity index (χ3n) is 7.43. The fourth-order valence-corrected chi connectivity index (χ4v) is 6.60. The first-order valence-electron chi connectivity index (χ1n) is 14.9. The van der Waals surface area contributed by atoms with Crippen LogP contribution in [0.5, 0.6) is 0 Å². The van der Waals surface area contributed by atoms with Crippen LogP contribution in [-0.2, 0) is 34.4 Å². The standard InChI is InChI=1S/C36H37N3O4S/c1-2-14-31(34(40)36-38-30-21-12-13-22-33(30)43-36)37-35(41)32(26-44(42)25-29-19-10-5-11-20-29)39(23-27-15-6-3-7-16-27)24-28-17-8-4-9-18-28/h3-13,15-22,31-32H,2,14,23-26H2,1H3,(H,37,41)/t31-,32?,44?/m0/s1. The first-order valence-corrected chi connectivity index (χ1v) is 16.4. The number of Topliss-reactive ketones (excluding diaryl/α,β-unsaturated/α-hetero) is 1. The third kappa shape index (κ3) is 8.36. The Bertz CT molecular complexity index is 1600. The Morgan fingerprint density at radius 2 is 1.34 bits per heavy atom. The molecule has 1 amide bonds. The van der Waals surface area contributed by atoms with Gasteiger partial charge in [-0.1, -0.05) is 116 Å². The van der Waals surface area contributed by atoms with Gasteiger partial charge in [0.15, 0.2) is 5.58 Å². The number of fused-ring (bicyclic) bond motifs is 1. The lowest BCUT2D eigenvalue weighted by Gasteiger charge is -2.32. The lowest BCUT2D eigenvalue weighted by atomic mass is 10.1. The molecule has 1 aromatic heterocycles. The predicted octanol–water partition coefficient (Wildman–Crippen LogP) is 6.32. The molecule has 1 N–H and O–H groups in total. The minimum atomic E-state index is -1.35. The number of para-hydroxylation sites is 2. The number of carbonyl (C=O) groups is 2. The Labute approximate surface area is 260 Å². The van der Waals surface area contributed by atoms with Crippen molar-refractivity contribution in [1.82, 2.24) is 15.2 Å². The molecule has 226 valence electrons. The number of rotatable bonds is 15. The Balaban J connectivity index is 1.44. The third-order valence-corrected chi connectivity index (χ3v) is 8.77. The maximum absolute atomic E-state index is 14.3. The highest BCUT2D eigenvalue weighted by atomic mass is 32.2. The number of hydrogen-bond acceptors (Lipinski definition) is 6. The smallest absolute Gasteiger partial charge is 0.266 e. The zero-order valence-corrected chi connectivity index (χ0v) is 25.6. The zero-order chi connectivity index (χ0) is 30.7. The summed E-state index contributed by atoms with van der Waals surface area (Å²) in [6.07, 6.45) is 1.08. The maximum atomic E-state index is 14.3. The van der Waals surface area contributed by atoms with Crippen LogP contribution in [0.15, 0.2) is 120 Å². The van der Waals surface area contributed by atoms with E-state index in [-0.39, 0.29) is 23.3 Å². The van der Waals surface area contributed by atoms with E-state index in [2.05, 4.69) is 15.2 Å². The Kier molecular flexibility index (Phi) is 10.8. The van der Waals surface area contributed by atoms with Crippen molar-refractivity contribution in [2.24, 2.45) is 0 Å². The quantitative estimate of drug-likeness (QED) is 0.140. The summed E-state index contributed by atoms with van der Waals surface area (Å²) in [5.41, 5.74) is 4.11. The van der Waals surface area contributed by atoms with Gasteiger partial charge in [-0.15, -0.1) is 0 Å². The highest BCUT2D eigenvalue weighted by Gasteiger charge is 2.33. The summed E-state index contributed by atoms with van der Waals surface area (Å²) in [5, 5.41) is 3.02. The highest BCUT2D eigenvalue weighted by molar-refractivity contribution is 7.84. The van der Waals surface area contributed by atoms with Gasteiger partial charge in [-0.25, -0.2) is 4.98 Å². The summed E-state index contributed by atoms with van der Waals surface area (Å²) >= 11 is 0. The molecule has 0 radical (unpaired) electrons. The van der Waals surface area contributed by atoms with Gasteiger partial charge in [0, 0.05) is 35.4 Å². The number of benzene rings is 4. The predicted molar refractivity (Wildman–Crippen MR) is 174 cm³/mol. The van der Waals surface area contributed by atoms with Crippen LogP contribution in [-0.4, -0.2) is 43.6 Å². The van der Waals surface area contributed by atoms with E-state index in [4.69, 9.17) is 4.42 Å². The van der Waals surface area contributed by atoms with Crippen LogP contribution >= 0.6 is 0 Å². The van der Waals surface area contributed by atoms with Crippen LogP contribution < -0.4 is 5.32 Å². The maximum Gasteiger partial charge on any atom is 0.266 e. The average Bonchev–Trinajstić information content (AvgIpc) is 3.49. The van der Waals surface area contributed by atoms with Gasteiger partial charge in [0.2, 0.25) is 11.7 Å². The van der Waals surface area contributed by atoms with Crippen LogP contribution in [0.25, 0.3) is 11.1 Å². The molecule has 5 aromatic rings. The van der Waals surface area contributed by atoms with Gasteiger partial charge in [0.1, 0.15) is 11.6 Å². The summed E-state index contributed by atoms with van der Waals surface area (Å²) in [5.74, 6) is -0.315. The molecule has 0 aliphatic carbocycles. The van der Waals surface area contributed by atoms with E-state index in [0.29, 0.717) is 42.8 Å². The van der Waals surface area contributed by atoms with Crippen molar-refractivity contribution in [2.45, 2.75) is 50.7 Å². The van der Waals surface area contributed by atoms with Gasteiger partial charge in [0.05, 0.1) is 6.04 Å². The Morgan fingerprint density at radius 3 is 1.91 bits per heavy atom. The number of nitrogens with one attached hydrogen (secondary N) is 1. The molecule has 0 aliphatic rings. The number of carbonyl (C=O) groups excluding carboxylic acids is 2. The van der Waals surface area contributed by atoms with Crippen LogP contribution in [0.2, 0.25) is 0 Å². The molecule has 5 rings (SSSR count).